The molecule has 2 rings (SSSR count). The number of nitrogens with zero attached hydrogens (tertiary/aromatic N) is 2. The minimum absolute atomic E-state index is 0.0147. The summed E-state index contributed by atoms with van der Waals surface area (Å²) in [7, 11) is 0. The molecule has 0 N–H and O–H groups in total. The predicted octanol–water partition coefficient (Wildman–Crippen LogP) is 3.65. The predicted molar refractivity (Wildman–Crippen MR) is 71.5 cm³/mol. The number of hydrogen-bond donors (Lipinski definition) is 0. The molecule has 0 aliphatic rings. The van der Waals surface area contributed by atoms with Crippen molar-refractivity contribution in [2.45, 2.75) is 6.92 Å². The van der Waals surface area contributed by atoms with Crippen LogP contribution in [0, 0.1) is 17.0 Å². The third-order valence-electron chi connectivity index (χ3n) is 2.51. The zero-order valence-electron chi connectivity index (χ0n) is 9.91. The highest BCUT2D eigenvalue weighted by atomic mass is 16.6. The second-order valence-corrected chi connectivity index (χ2v) is 3.91. The summed E-state index contributed by atoms with van der Waals surface area (Å²) in [5.41, 5.74) is 2.46. The first kappa shape index (κ1) is 12.0. The average Bonchev–Trinajstić information content (AvgIpc) is 2.38. The second kappa shape index (κ2) is 5.23. The molecule has 0 spiro atoms. The summed E-state index contributed by atoms with van der Waals surface area (Å²) >= 11 is 0. The van der Waals surface area contributed by atoms with Gasteiger partial charge in [-0.15, -0.1) is 0 Å². The number of nitro groups is 1. The average molecular weight is 240 g/mol. The molecule has 4 nitrogen and oxygen atoms in total. The highest BCUT2D eigenvalue weighted by Crippen LogP contribution is 2.25. The Kier molecular flexibility index (Phi) is 3.48. The Labute approximate surface area is 105 Å². The summed E-state index contributed by atoms with van der Waals surface area (Å²) < 4.78 is 0. The van der Waals surface area contributed by atoms with Gasteiger partial charge in [0.1, 0.15) is 5.69 Å². The Morgan fingerprint density at radius 3 is 2.44 bits per heavy atom. The van der Waals surface area contributed by atoms with Crippen LogP contribution in [0.15, 0.2) is 53.5 Å². The smallest absolute Gasteiger partial charge is 0.258 e. The van der Waals surface area contributed by atoms with E-state index >= 15 is 0 Å². The van der Waals surface area contributed by atoms with E-state index in [-0.39, 0.29) is 5.69 Å². The van der Waals surface area contributed by atoms with Gasteiger partial charge in [0.15, 0.2) is 0 Å². The molecule has 0 heterocycles. The summed E-state index contributed by atoms with van der Waals surface area (Å²) in [6.07, 6.45) is 1.63. The van der Waals surface area contributed by atoms with Crippen molar-refractivity contribution >= 4 is 17.6 Å². The first-order valence-corrected chi connectivity index (χ1v) is 5.51. The summed E-state index contributed by atoms with van der Waals surface area (Å²) in [5, 5.41) is 10.8. The van der Waals surface area contributed by atoms with E-state index in [1.54, 1.807) is 24.4 Å². The Morgan fingerprint density at radius 2 is 1.78 bits per heavy atom. The van der Waals surface area contributed by atoms with Crippen LogP contribution in [0.1, 0.15) is 11.1 Å². The minimum Gasteiger partial charge on any atom is -0.258 e. The van der Waals surface area contributed by atoms with Gasteiger partial charge in [0.05, 0.1) is 4.92 Å². The lowest BCUT2D eigenvalue weighted by Crippen LogP contribution is -1.88. The van der Waals surface area contributed by atoms with Crippen molar-refractivity contribution in [1.82, 2.24) is 0 Å². The number of aryl methyl sites for hydroxylation is 1. The first-order valence-electron chi connectivity index (χ1n) is 5.51. The number of rotatable bonds is 3. The Bertz CT molecular complexity index is 589. The van der Waals surface area contributed by atoms with Crippen LogP contribution in [0.3, 0.4) is 0 Å². The van der Waals surface area contributed by atoms with E-state index in [0.717, 1.165) is 11.1 Å². The van der Waals surface area contributed by atoms with Gasteiger partial charge in [0.25, 0.3) is 5.69 Å². The maximum Gasteiger partial charge on any atom is 0.294 e. The molecule has 0 atom stereocenters. The monoisotopic (exact) mass is 240 g/mol. The van der Waals surface area contributed by atoms with Gasteiger partial charge in [-0.05, 0) is 18.6 Å². The summed E-state index contributed by atoms with van der Waals surface area (Å²) in [4.78, 5) is 14.5. The zero-order chi connectivity index (χ0) is 13.0. The molecule has 18 heavy (non-hydrogen) atoms. The number of hydrogen-bond acceptors (Lipinski definition) is 3. The molecule has 0 radical (unpaired) electrons. The van der Waals surface area contributed by atoms with Crippen LogP contribution in [-0.4, -0.2) is 11.1 Å². The molecule has 4 heteroatoms. The fraction of sp³-hybridized carbons (Fsp3) is 0.0714. The third-order valence-corrected chi connectivity index (χ3v) is 2.51. The fourth-order valence-corrected chi connectivity index (χ4v) is 1.52. The van der Waals surface area contributed by atoms with E-state index in [9.17, 15) is 10.1 Å². The maximum absolute atomic E-state index is 10.8. The van der Waals surface area contributed by atoms with Crippen LogP contribution in [0.4, 0.5) is 11.4 Å². The van der Waals surface area contributed by atoms with Gasteiger partial charge >= 0.3 is 0 Å². The molecule has 0 aliphatic carbocycles. The molecular weight excluding hydrogens is 228 g/mol. The van der Waals surface area contributed by atoms with Crippen molar-refractivity contribution in [3.63, 3.8) is 0 Å². The van der Waals surface area contributed by atoms with E-state index < -0.39 is 4.92 Å². The third kappa shape index (κ3) is 2.79. The topological polar surface area (TPSA) is 55.5 Å². The number of benzene rings is 2. The molecule has 0 fully saturated rings. The van der Waals surface area contributed by atoms with Crippen molar-refractivity contribution in [1.29, 1.82) is 0 Å². The molecule has 0 bridgehead atoms. The first-order chi connectivity index (χ1) is 8.66. The van der Waals surface area contributed by atoms with Crippen molar-refractivity contribution in [2.24, 2.45) is 4.99 Å². The van der Waals surface area contributed by atoms with Crippen LogP contribution >= 0.6 is 0 Å². The van der Waals surface area contributed by atoms with Gasteiger partial charge in [-0.3, -0.25) is 10.1 Å². The molecule has 0 amide bonds. The van der Waals surface area contributed by atoms with Crippen molar-refractivity contribution in [2.75, 3.05) is 0 Å². The van der Waals surface area contributed by atoms with Crippen LogP contribution < -0.4 is 0 Å². The highest BCUT2D eigenvalue weighted by molar-refractivity contribution is 5.83. The molecule has 0 saturated carbocycles. The Balaban J connectivity index is 2.29. The Hall–Kier alpha value is -2.49. The molecule has 0 aromatic heterocycles. The maximum atomic E-state index is 10.8. The lowest BCUT2D eigenvalue weighted by molar-refractivity contribution is -0.384. The lowest BCUT2D eigenvalue weighted by atomic mass is 10.2. The van der Waals surface area contributed by atoms with Crippen LogP contribution in [-0.2, 0) is 0 Å². The van der Waals surface area contributed by atoms with Gasteiger partial charge in [0, 0.05) is 12.3 Å². The summed E-state index contributed by atoms with van der Waals surface area (Å²) in [5.74, 6) is 0. The van der Waals surface area contributed by atoms with Gasteiger partial charge in [-0.1, -0.05) is 42.0 Å². The number of para-hydroxylation sites is 2. The normalized spacial score (nSPS) is 10.7. The molecule has 90 valence electrons. The zero-order valence-corrected chi connectivity index (χ0v) is 9.91. The molecule has 0 unspecified atom stereocenters. The second-order valence-electron chi connectivity index (χ2n) is 3.91. The quantitative estimate of drug-likeness (QED) is 0.467. The highest BCUT2D eigenvalue weighted by Gasteiger charge is 2.10. The lowest BCUT2D eigenvalue weighted by Gasteiger charge is -1.97. The van der Waals surface area contributed by atoms with Crippen molar-refractivity contribution in [3.05, 3.63) is 69.8 Å². The van der Waals surface area contributed by atoms with E-state index in [2.05, 4.69) is 4.99 Å². The van der Waals surface area contributed by atoms with Crippen LogP contribution in [0.2, 0.25) is 0 Å². The SMILES string of the molecule is Cc1ccc(C=Nc2ccccc2[N+](=O)[O-])cc1. The van der Waals surface area contributed by atoms with Gasteiger partial charge in [0.2, 0.25) is 0 Å². The van der Waals surface area contributed by atoms with Gasteiger partial charge in [-0.2, -0.15) is 0 Å². The number of aliphatic imine (C=N–C) groups is 1. The standard InChI is InChI=1S/C14H12N2O2/c1-11-6-8-12(9-7-11)10-15-13-4-2-3-5-14(13)16(17)18/h2-10H,1H3. The van der Waals surface area contributed by atoms with E-state index in [1.165, 1.54) is 6.07 Å². The van der Waals surface area contributed by atoms with Gasteiger partial charge < -0.3 is 0 Å². The fourth-order valence-electron chi connectivity index (χ4n) is 1.52. The minimum atomic E-state index is -0.429. The molecular formula is C14H12N2O2. The summed E-state index contributed by atoms with van der Waals surface area (Å²) in [6, 6.07) is 14.2. The molecule has 2 aromatic rings. The van der Waals surface area contributed by atoms with Gasteiger partial charge in [-0.25, -0.2) is 4.99 Å². The van der Waals surface area contributed by atoms with E-state index in [1.807, 2.05) is 31.2 Å². The van der Waals surface area contributed by atoms with E-state index in [0.29, 0.717) is 5.69 Å². The molecule has 0 saturated heterocycles. The molecule has 2 aromatic carbocycles. The number of nitro benzene ring substituents is 1. The van der Waals surface area contributed by atoms with E-state index in [4.69, 9.17) is 0 Å². The Morgan fingerprint density at radius 1 is 1.11 bits per heavy atom. The van der Waals surface area contributed by atoms with Crippen molar-refractivity contribution < 1.29 is 4.92 Å². The van der Waals surface area contributed by atoms with Crippen LogP contribution in [0.25, 0.3) is 0 Å². The molecule has 0 aliphatic heterocycles. The summed E-state index contributed by atoms with van der Waals surface area (Å²) in [6.45, 7) is 2.00. The largest absolute Gasteiger partial charge is 0.294 e. The van der Waals surface area contributed by atoms with Crippen molar-refractivity contribution in [3.8, 4) is 0 Å². The van der Waals surface area contributed by atoms with Crippen LogP contribution in [0.5, 0.6) is 0 Å².